The van der Waals surface area contributed by atoms with Crippen LogP contribution in [0.4, 0.5) is 0 Å². The minimum atomic E-state index is -0.840. The summed E-state index contributed by atoms with van der Waals surface area (Å²) in [4.78, 5) is 24.4. The van der Waals surface area contributed by atoms with Gasteiger partial charge < -0.3 is 20.3 Å². The summed E-state index contributed by atoms with van der Waals surface area (Å²) in [6.45, 7) is 4.85. The Morgan fingerprint density at radius 3 is 1.15 bits per heavy atom. The van der Waals surface area contributed by atoms with Crippen LogP contribution in [0.25, 0.3) is 0 Å². The molecule has 6 heteroatoms. The second kappa shape index (κ2) is 57.7. The summed E-state index contributed by atoms with van der Waals surface area (Å²) in [5, 5.41) is 22.9. The van der Waals surface area contributed by atoms with Gasteiger partial charge in [0.1, 0.15) is 0 Å². The average Bonchev–Trinajstić information content (AvgIpc) is 3.34. The lowest BCUT2D eigenvalue weighted by atomic mass is 10.0. The van der Waals surface area contributed by atoms with E-state index in [9.17, 15) is 19.8 Å². The Morgan fingerprint density at radius 1 is 0.412 bits per heavy atom. The molecule has 0 spiro atoms. The molecule has 0 bridgehead atoms. The van der Waals surface area contributed by atoms with Gasteiger partial charge in [-0.3, -0.25) is 9.59 Å². The topological polar surface area (TPSA) is 95.9 Å². The highest BCUT2D eigenvalue weighted by atomic mass is 16.5. The largest absolute Gasteiger partial charge is 0.466 e. The van der Waals surface area contributed by atoms with E-state index in [4.69, 9.17) is 4.74 Å². The predicted octanol–water partition coefficient (Wildman–Crippen LogP) is 18.8. The van der Waals surface area contributed by atoms with Crippen molar-refractivity contribution < 1.29 is 24.5 Å². The van der Waals surface area contributed by atoms with Crippen molar-refractivity contribution in [3.8, 4) is 0 Å². The van der Waals surface area contributed by atoms with E-state index in [0.717, 1.165) is 51.4 Å². The molecular weight excluding hydrogens is 839 g/mol. The number of esters is 1. The van der Waals surface area contributed by atoms with Crippen molar-refractivity contribution in [2.75, 3.05) is 13.2 Å². The summed E-state index contributed by atoms with van der Waals surface area (Å²) in [6.07, 6.45) is 72.0. The summed E-state index contributed by atoms with van der Waals surface area (Å²) in [5.41, 5.74) is 0. The lowest BCUT2D eigenvalue weighted by Gasteiger charge is -2.20. The molecule has 1 amide bonds. The van der Waals surface area contributed by atoms with E-state index in [1.165, 1.54) is 244 Å². The van der Waals surface area contributed by atoms with E-state index >= 15 is 0 Å². The van der Waals surface area contributed by atoms with Crippen LogP contribution in [0.3, 0.4) is 0 Å². The number of aliphatic hydroxyl groups is 2. The number of carbonyl (C=O) groups is 2. The highest BCUT2D eigenvalue weighted by Crippen LogP contribution is 2.17. The van der Waals surface area contributed by atoms with Crippen molar-refractivity contribution in [2.45, 2.75) is 334 Å². The second-order valence-corrected chi connectivity index (χ2v) is 20.7. The van der Waals surface area contributed by atoms with Gasteiger partial charge in [0.15, 0.2) is 0 Å². The standard InChI is InChI=1S/C62H117NO5/c1-3-5-7-9-11-13-14-15-29-33-36-40-44-48-52-56-62(67)68-57-53-49-45-41-37-34-31-28-26-24-22-20-18-16-17-19-21-23-25-27-30-32-35-39-43-47-51-55-61(66)63-59(58-64)60(65)54-50-46-42-38-12-10-8-6-4-2/h11,13,15,29,50,54,59-60,64-65H,3-10,12,14,16-28,30-49,51-53,55-58H2,1-2H3,(H,63,66)/b13-11-,29-15-,54-50+. The average molecular weight is 957 g/mol. The van der Waals surface area contributed by atoms with Gasteiger partial charge in [-0.2, -0.15) is 0 Å². The van der Waals surface area contributed by atoms with E-state index in [-0.39, 0.29) is 18.5 Å². The molecule has 0 aliphatic heterocycles. The third-order valence-corrected chi connectivity index (χ3v) is 13.9. The molecule has 0 saturated heterocycles. The highest BCUT2D eigenvalue weighted by Gasteiger charge is 2.18. The van der Waals surface area contributed by atoms with Crippen LogP contribution in [-0.4, -0.2) is 47.4 Å². The number of nitrogens with one attached hydrogen (secondary N) is 1. The Balaban J connectivity index is 3.33. The van der Waals surface area contributed by atoms with E-state index in [1.54, 1.807) is 6.08 Å². The molecule has 2 atom stereocenters. The molecule has 400 valence electrons. The molecule has 0 saturated carbocycles. The SMILES string of the molecule is CCCCC/C=C\C/C=C\CCCCCCCC(=O)OCCCCCCCCCCCCCCCCCCCCCCCCCCCCCC(=O)NC(CO)C(O)/C=C/CCCCCCCCC. The Kier molecular flexibility index (Phi) is 56.0. The van der Waals surface area contributed by atoms with Gasteiger partial charge in [0, 0.05) is 12.8 Å². The lowest BCUT2D eigenvalue weighted by molar-refractivity contribution is -0.143. The van der Waals surface area contributed by atoms with Crippen molar-refractivity contribution >= 4 is 11.9 Å². The van der Waals surface area contributed by atoms with Gasteiger partial charge in [-0.05, 0) is 64.2 Å². The van der Waals surface area contributed by atoms with E-state index in [1.807, 2.05) is 6.08 Å². The first-order valence-corrected chi connectivity index (χ1v) is 30.3. The van der Waals surface area contributed by atoms with Crippen LogP contribution >= 0.6 is 0 Å². The maximum atomic E-state index is 12.4. The molecule has 0 aliphatic rings. The molecule has 6 nitrogen and oxygen atoms in total. The van der Waals surface area contributed by atoms with Crippen molar-refractivity contribution in [3.63, 3.8) is 0 Å². The summed E-state index contributed by atoms with van der Waals surface area (Å²) < 4.78 is 5.48. The Labute approximate surface area is 424 Å². The Morgan fingerprint density at radius 2 is 0.735 bits per heavy atom. The molecule has 0 fully saturated rings. The second-order valence-electron chi connectivity index (χ2n) is 20.7. The fourth-order valence-electron chi connectivity index (χ4n) is 9.25. The zero-order valence-electron chi connectivity index (χ0n) is 45.6. The van der Waals surface area contributed by atoms with E-state index in [0.29, 0.717) is 19.4 Å². The highest BCUT2D eigenvalue weighted by molar-refractivity contribution is 5.76. The summed E-state index contributed by atoms with van der Waals surface area (Å²) >= 11 is 0. The molecule has 0 aromatic heterocycles. The molecule has 0 aromatic carbocycles. The molecule has 0 heterocycles. The minimum Gasteiger partial charge on any atom is -0.466 e. The number of allylic oxidation sites excluding steroid dienone is 5. The molecule has 68 heavy (non-hydrogen) atoms. The number of amides is 1. The van der Waals surface area contributed by atoms with Crippen LogP contribution in [0.5, 0.6) is 0 Å². The van der Waals surface area contributed by atoms with Gasteiger partial charge in [-0.15, -0.1) is 0 Å². The predicted molar refractivity (Wildman–Crippen MR) is 296 cm³/mol. The number of rotatable bonds is 56. The maximum absolute atomic E-state index is 12.4. The fraction of sp³-hybridized carbons (Fsp3) is 0.871. The van der Waals surface area contributed by atoms with Crippen LogP contribution in [-0.2, 0) is 14.3 Å². The normalized spacial score (nSPS) is 12.8. The number of hydrogen-bond acceptors (Lipinski definition) is 5. The number of hydrogen-bond donors (Lipinski definition) is 3. The third-order valence-electron chi connectivity index (χ3n) is 13.9. The number of aliphatic hydroxyl groups excluding tert-OH is 2. The van der Waals surface area contributed by atoms with Crippen LogP contribution in [0.1, 0.15) is 322 Å². The number of unbranched alkanes of at least 4 members (excludes halogenated alkanes) is 41. The first-order valence-electron chi connectivity index (χ1n) is 30.3. The molecular formula is C62H117NO5. The van der Waals surface area contributed by atoms with E-state index < -0.39 is 12.1 Å². The van der Waals surface area contributed by atoms with Gasteiger partial charge in [0.05, 0.1) is 25.4 Å². The van der Waals surface area contributed by atoms with Gasteiger partial charge >= 0.3 is 5.97 Å². The first-order chi connectivity index (χ1) is 33.5. The van der Waals surface area contributed by atoms with Crippen molar-refractivity contribution in [1.29, 1.82) is 0 Å². The van der Waals surface area contributed by atoms with Gasteiger partial charge in [-0.1, -0.05) is 281 Å². The smallest absolute Gasteiger partial charge is 0.305 e. The summed E-state index contributed by atoms with van der Waals surface area (Å²) in [5.74, 6) is -0.0644. The number of ether oxygens (including phenoxy) is 1. The van der Waals surface area contributed by atoms with Gasteiger partial charge in [0.2, 0.25) is 5.91 Å². The zero-order chi connectivity index (χ0) is 49.3. The van der Waals surface area contributed by atoms with Crippen LogP contribution in [0.15, 0.2) is 36.5 Å². The van der Waals surface area contributed by atoms with Crippen LogP contribution < -0.4 is 5.32 Å². The minimum absolute atomic E-state index is 0.00334. The molecule has 3 N–H and O–H groups in total. The monoisotopic (exact) mass is 956 g/mol. The molecule has 0 aromatic rings. The Bertz CT molecular complexity index is 1100. The molecule has 0 aliphatic carbocycles. The zero-order valence-corrected chi connectivity index (χ0v) is 45.6. The van der Waals surface area contributed by atoms with Gasteiger partial charge in [0.25, 0.3) is 0 Å². The maximum Gasteiger partial charge on any atom is 0.305 e. The molecule has 2 unspecified atom stereocenters. The number of carbonyl (C=O) groups excluding carboxylic acids is 2. The van der Waals surface area contributed by atoms with Crippen molar-refractivity contribution in [3.05, 3.63) is 36.5 Å². The van der Waals surface area contributed by atoms with Crippen LogP contribution in [0, 0.1) is 0 Å². The summed E-state index contributed by atoms with van der Waals surface area (Å²) in [7, 11) is 0. The quantitative estimate of drug-likeness (QED) is 0.0321. The lowest BCUT2D eigenvalue weighted by Crippen LogP contribution is -2.45. The molecule has 0 rings (SSSR count). The first kappa shape index (κ1) is 66.1. The van der Waals surface area contributed by atoms with Gasteiger partial charge in [-0.25, -0.2) is 0 Å². The third kappa shape index (κ3) is 53.4. The van der Waals surface area contributed by atoms with E-state index in [2.05, 4.69) is 43.5 Å². The fourth-order valence-corrected chi connectivity index (χ4v) is 9.25. The van der Waals surface area contributed by atoms with Crippen molar-refractivity contribution in [1.82, 2.24) is 5.32 Å². The summed E-state index contributed by atoms with van der Waals surface area (Å²) in [6, 6.07) is -0.623. The van der Waals surface area contributed by atoms with Crippen molar-refractivity contribution in [2.24, 2.45) is 0 Å². The van der Waals surface area contributed by atoms with Crippen LogP contribution in [0.2, 0.25) is 0 Å². The Hall–Kier alpha value is -1.92. The molecule has 0 radical (unpaired) electrons.